The lowest BCUT2D eigenvalue weighted by atomic mass is 9.69. The number of hydrogen-bond donors (Lipinski definition) is 1. The van der Waals surface area contributed by atoms with Gasteiger partial charge in [0.15, 0.2) is 0 Å². The Hall–Kier alpha value is -2.17. The Kier molecular flexibility index (Phi) is 7.69. The van der Waals surface area contributed by atoms with E-state index in [4.69, 9.17) is 4.74 Å². The number of ether oxygens (including phenoxy) is 1. The van der Waals surface area contributed by atoms with Crippen LogP contribution in [0.2, 0.25) is 0 Å². The summed E-state index contributed by atoms with van der Waals surface area (Å²) >= 11 is 0. The highest BCUT2D eigenvalue weighted by atomic mass is 19.4. The molecule has 1 heterocycles. The van der Waals surface area contributed by atoms with Crippen LogP contribution in [0.25, 0.3) is 0 Å². The average molecular weight is 520 g/mol. The molecule has 1 aliphatic heterocycles. The monoisotopic (exact) mass is 519 g/mol. The lowest BCUT2D eigenvalue weighted by Crippen LogP contribution is -2.38. The fourth-order valence-corrected chi connectivity index (χ4v) is 5.71. The number of aliphatic hydroxyl groups excluding tert-OH is 1. The number of β-amino-alcohol motifs (C(OH)–C–C–N with tert-alkyl or cyclic N) is 1. The summed E-state index contributed by atoms with van der Waals surface area (Å²) in [6, 6.07) is 7.50. The van der Waals surface area contributed by atoms with Gasteiger partial charge >= 0.3 is 12.4 Å². The van der Waals surface area contributed by atoms with Crippen LogP contribution < -0.4 is 0 Å². The number of likely N-dealkylation sites (tertiary alicyclic amines) is 1. The number of halogens is 7. The van der Waals surface area contributed by atoms with Gasteiger partial charge in [-0.3, -0.25) is 0 Å². The summed E-state index contributed by atoms with van der Waals surface area (Å²) in [5, 5.41) is 9.36. The average Bonchev–Trinajstić information content (AvgIpc) is 3.21. The van der Waals surface area contributed by atoms with Crippen LogP contribution in [-0.4, -0.2) is 42.4 Å². The van der Waals surface area contributed by atoms with Crippen LogP contribution in [0.4, 0.5) is 30.7 Å². The Bertz CT molecular complexity index is 1010. The lowest BCUT2D eigenvalue weighted by Gasteiger charge is -2.41. The van der Waals surface area contributed by atoms with E-state index in [2.05, 4.69) is 4.90 Å². The molecule has 5 atom stereocenters. The molecule has 2 aromatic carbocycles. The van der Waals surface area contributed by atoms with Gasteiger partial charge in [0, 0.05) is 25.6 Å². The third-order valence-corrected chi connectivity index (χ3v) is 7.38. The van der Waals surface area contributed by atoms with Crippen molar-refractivity contribution in [3.8, 4) is 0 Å². The summed E-state index contributed by atoms with van der Waals surface area (Å²) in [7, 11) is 0. The minimum absolute atomic E-state index is 0.00863. The van der Waals surface area contributed by atoms with Crippen molar-refractivity contribution >= 4 is 0 Å². The number of hydrogen-bond acceptors (Lipinski definition) is 3. The fraction of sp³-hybridized carbons (Fsp3) is 0.538. The largest absolute Gasteiger partial charge is 0.416 e. The Labute approximate surface area is 204 Å². The van der Waals surface area contributed by atoms with Crippen molar-refractivity contribution in [3.05, 3.63) is 70.5 Å². The van der Waals surface area contributed by atoms with Crippen LogP contribution in [0.3, 0.4) is 0 Å². The first kappa shape index (κ1) is 26.9. The predicted octanol–water partition coefficient (Wildman–Crippen LogP) is 6.43. The SMILES string of the molecule is C[C@@H](O[C@H]1CC[C@H]2CN(CCO)C[C@H]2[C@@H]1c1ccc(F)cc1)c1cc(C(F)(F)F)cc(C(F)(F)F)c1. The second-order valence-electron chi connectivity index (χ2n) is 9.72. The second-order valence-corrected chi connectivity index (χ2v) is 9.72. The molecule has 0 bridgehead atoms. The third-order valence-electron chi connectivity index (χ3n) is 7.38. The molecule has 36 heavy (non-hydrogen) atoms. The van der Waals surface area contributed by atoms with Gasteiger partial charge < -0.3 is 14.7 Å². The van der Waals surface area contributed by atoms with Crippen molar-refractivity contribution in [2.24, 2.45) is 11.8 Å². The smallest absolute Gasteiger partial charge is 0.395 e. The molecule has 0 amide bonds. The van der Waals surface area contributed by atoms with Gasteiger partial charge in [0.1, 0.15) is 5.82 Å². The fourth-order valence-electron chi connectivity index (χ4n) is 5.71. The van der Waals surface area contributed by atoms with Crippen molar-refractivity contribution in [1.29, 1.82) is 0 Å². The summed E-state index contributed by atoms with van der Waals surface area (Å²) in [5.74, 6) is -0.232. The first-order chi connectivity index (χ1) is 16.9. The number of alkyl halides is 6. The second kappa shape index (κ2) is 10.3. The van der Waals surface area contributed by atoms with Gasteiger partial charge in [-0.2, -0.15) is 26.3 Å². The number of benzene rings is 2. The van der Waals surface area contributed by atoms with Gasteiger partial charge in [0.05, 0.1) is 29.9 Å². The van der Waals surface area contributed by atoms with Crippen LogP contribution in [0.5, 0.6) is 0 Å². The molecule has 0 unspecified atom stereocenters. The third kappa shape index (κ3) is 5.86. The summed E-state index contributed by atoms with van der Waals surface area (Å²) in [6.07, 6.45) is -10.1. The van der Waals surface area contributed by atoms with Gasteiger partial charge in [-0.15, -0.1) is 0 Å². The van der Waals surface area contributed by atoms with E-state index in [1.165, 1.54) is 19.1 Å². The van der Waals surface area contributed by atoms with Gasteiger partial charge in [-0.1, -0.05) is 12.1 Å². The predicted molar refractivity (Wildman–Crippen MR) is 119 cm³/mol. The van der Waals surface area contributed by atoms with E-state index in [0.717, 1.165) is 18.5 Å². The molecule has 1 saturated heterocycles. The Morgan fingerprint density at radius 3 is 2.11 bits per heavy atom. The Morgan fingerprint density at radius 2 is 1.56 bits per heavy atom. The van der Waals surface area contributed by atoms with E-state index < -0.39 is 41.5 Å². The Morgan fingerprint density at radius 1 is 0.944 bits per heavy atom. The first-order valence-electron chi connectivity index (χ1n) is 11.9. The highest BCUT2D eigenvalue weighted by molar-refractivity contribution is 5.35. The van der Waals surface area contributed by atoms with E-state index in [-0.39, 0.29) is 30.1 Å². The van der Waals surface area contributed by atoms with Gasteiger partial charge in [0.2, 0.25) is 0 Å². The highest BCUT2D eigenvalue weighted by Crippen LogP contribution is 2.48. The Balaban J connectivity index is 1.64. The number of aliphatic hydroxyl groups is 1. The summed E-state index contributed by atoms with van der Waals surface area (Å²) < 4.78 is 100. The van der Waals surface area contributed by atoms with Crippen LogP contribution in [0, 0.1) is 17.7 Å². The minimum Gasteiger partial charge on any atom is -0.395 e. The zero-order valence-electron chi connectivity index (χ0n) is 19.6. The molecule has 0 radical (unpaired) electrons. The lowest BCUT2D eigenvalue weighted by molar-refractivity contribution is -0.143. The van der Waals surface area contributed by atoms with Crippen molar-refractivity contribution in [3.63, 3.8) is 0 Å². The molecule has 1 aliphatic carbocycles. The van der Waals surface area contributed by atoms with Crippen LogP contribution in [0.1, 0.15) is 54.0 Å². The van der Waals surface area contributed by atoms with E-state index in [1.807, 2.05) is 0 Å². The quantitative estimate of drug-likeness (QED) is 0.447. The van der Waals surface area contributed by atoms with Crippen molar-refractivity contribution in [2.75, 3.05) is 26.2 Å². The van der Waals surface area contributed by atoms with E-state index in [9.17, 15) is 35.8 Å². The molecule has 1 N–H and O–H groups in total. The molecule has 4 rings (SSSR count). The van der Waals surface area contributed by atoms with Crippen LogP contribution >= 0.6 is 0 Å². The van der Waals surface area contributed by atoms with Gasteiger partial charge in [0.25, 0.3) is 0 Å². The van der Waals surface area contributed by atoms with Crippen molar-refractivity contribution in [2.45, 2.75) is 50.2 Å². The molecular weight excluding hydrogens is 491 g/mol. The highest BCUT2D eigenvalue weighted by Gasteiger charge is 2.46. The molecule has 0 spiro atoms. The maximum absolute atomic E-state index is 13.6. The molecule has 2 aliphatic rings. The normalized spacial score (nSPS) is 26.1. The first-order valence-corrected chi connectivity index (χ1v) is 11.9. The van der Waals surface area contributed by atoms with Gasteiger partial charge in [-0.05, 0) is 73.1 Å². The molecule has 0 aromatic heterocycles. The van der Waals surface area contributed by atoms with E-state index in [0.29, 0.717) is 37.6 Å². The topological polar surface area (TPSA) is 32.7 Å². The standard InChI is InChI=1S/C26H28F7NO2/c1-15(18-10-19(25(28,29)30)12-20(11-18)26(31,32)33)36-23-7-4-17-13-34(8-9-35)14-22(17)24(23)16-2-5-21(27)6-3-16/h2-3,5-6,10-12,15,17,22-24,35H,4,7-9,13-14H2,1H3/t15-,17+,22-,23+,24+/m1/s1. The van der Waals surface area contributed by atoms with E-state index in [1.54, 1.807) is 12.1 Å². The zero-order chi connectivity index (χ0) is 26.3. The van der Waals surface area contributed by atoms with Crippen LogP contribution in [0.15, 0.2) is 42.5 Å². The van der Waals surface area contributed by atoms with E-state index >= 15 is 0 Å². The number of rotatable bonds is 6. The minimum atomic E-state index is -4.94. The van der Waals surface area contributed by atoms with Crippen LogP contribution in [-0.2, 0) is 17.1 Å². The maximum Gasteiger partial charge on any atom is 0.416 e. The van der Waals surface area contributed by atoms with Crippen molar-refractivity contribution in [1.82, 2.24) is 4.90 Å². The van der Waals surface area contributed by atoms with Gasteiger partial charge in [-0.25, -0.2) is 4.39 Å². The van der Waals surface area contributed by atoms with Crippen molar-refractivity contribution < 1.29 is 40.6 Å². The summed E-state index contributed by atoms with van der Waals surface area (Å²) in [4.78, 5) is 2.14. The molecule has 2 aromatic rings. The summed E-state index contributed by atoms with van der Waals surface area (Å²) in [6.45, 7) is 3.43. The number of fused-ring (bicyclic) bond motifs is 1. The number of nitrogens with zero attached hydrogens (tertiary/aromatic N) is 1. The molecule has 1 saturated carbocycles. The maximum atomic E-state index is 13.6. The summed E-state index contributed by atoms with van der Waals surface area (Å²) in [5.41, 5.74) is -2.14. The molecule has 3 nitrogen and oxygen atoms in total. The molecule has 2 fully saturated rings. The zero-order valence-corrected chi connectivity index (χ0v) is 19.6. The molecule has 10 heteroatoms. The molecule has 198 valence electrons. The molecular formula is C26H28F7NO2.